The molecule has 0 spiro atoms. The van der Waals surface area contributed by atoms with Crippen LogP contribution in [-0.2, 0) is 4.74 Å². The van der Waals surface area contributed by atoms with E-state index in [0.29, 0.717) is 59.2 Å². The Labute approximate surface area is 213 Å². The third-order valence-corrected chi connectivity index (χ3v) is 6.76. The highest BCUT2D eigenvalue weighted by atomic mass is 19.2. The van der Waals surface area contributed by atoms with Crippen molar-refractivity contribution < 1.29 is 32.5 Å². The number of carboxylic acids is 1. The maximum Gasteiger partial charge on any atom is 0.335 e. The maximum absolute atomic E-state index is 14.9. The Balaban J connectivity index is 1.62. The van der Waals surface area contributed by atoms with E-state index in [2.05, 4.69) is 10.2 Å². The van der Waals surface area contributed by atoms with Gasteiger partial charge in [-0.25, -0.2) is 22.9 Å². The zero-order valence-electron chi connectivity index (χ0n) is 19.8. The van der Waals surface area contributed by atoms with Gasteiger partial charge in [-0.3, -0.25) is 5.10 Å². The highest BCUT2D eigenvalue weighted by Crippen LogP contribution is 2.44. The average molecular weight is 519 g/mol. The fourth-order valence-electron chi connectivity index (χ4n) is 4.86. The smallest absolute Gasteiger partial charge is 0.335 e. The quantitative estimate of drug-likeness (QED) is 0.272. The van der Waals surface area contributed by atoms with Crippen LogP contribution in [0.5, 0.6) is 11.6 Å². The lowest BCUT2D eigenvalue weighted by molar-refractivity contribution is 0.0696. The van der Waals surface area contributed by atoms with Crippen molar-refractivity contribution in [1.29, 1.82) is 0 Å². The number of halogens is 3. The molecule has 7 nitrogen and oxygen atoms in total. The van der Waals surface area contributed by atoms with Gasteiger partial charge < -0.3 is 14.6 Å². The molecule has 2 aromatic heterocycles. The molecule has 1 saturated heterocycles. The van der Waals surface area contributed by atoms with Crippen LogP contribution < -0.4 is 4.74 Å². The number of aromatic nitrogens is 3. The summed E-state index contributed by atoms with van der Waals surface area (Å²) in [6.07, 6.45) is 2.93. The highest BCUT2D eigenvalue weighted by Gasteiger charge is 2.27. The zero-order chi connectivity index (χ0) is 26.4. The molecule has 38 heavy (non-hydrogen) atoms. The van der Waals surface area contributed by atoms with E-state index in [0.717, 1.165) is 23.6 Å². The van der Waals surface area contributed by atoms with Crippen LogP contribution in [0.1, 0.15) is 34.8 Å². The monoisotopic (exact) mass is 519 g/mol. The largest absolute Gasteiger partial charge is 0.478 e. The number of carbonyl (C=O) groups is 1. The van der Waals surface area contributed by atoms with Crippen LogP contribution in [0.2, 0.25) is 0 Å². The van der Waals surface area contributed by atoms with Crippen LogP contribution in [0.3, 0.4) is 0 Å². The van der Waals surface area contributed by atoms with Gasteiger partial charge in [0.05, 0.1) is 23.0 Å². The van der Waals surface area contributed by atoms with Crippen LogP contribution in [0.4, 0.5) is 13.2 Å². The van der Waals surface area contributed by atoms with E-state index in [4.69, 9.17) is 14.5 Å². The predicted octanol–water partition coefficient (Wildman–Crippen LogP) is 6.58. The summed E-state index contributed by atoms with van der Waals surface area (Å²) in [4.78, 5) is 16.1. The lowest BCUT2D eigenvalue weighted by Crippen LogP contribution is -2.16. The number of ether oxygens (including phenoxy) is 2. The summed E-state index contributed by atoms with van der Waals surface area (Å²) in [6.45, 7) is 1.01. The van der Waals surface area contributed by atoms with Crippen molar-refractivity contribution in [2.24, 2.45) is 0 Å². The lowest BCUT2D eigenvalue weighted by atomic mass is 9.87. The van der Waals surface area contributed by atoms with Gasteiger partial charge in [-0.05, 0) is 66.3 Å². The lowest BCUT2D eigenvalue weighted by Gasteiger charge is -2.26. The molecule has 192 valence electrons. The topological polar surface area (TPSA) is 97.3 Å². The van der Waals surface area contributed by atoms with Crippen molar-refractivity contribution in [3.63, 3.8) is 0 Å². The number of pyridine rings is 1. The Kier molecular flexibility index (Phi) is 5.96. The van der Waals surface area contributed by atoms with Crippen molar-refractivity contribution in [3.8, 4) is 22.8 Å². The fourth-order valence-corrected chi connectivity index (χ4v) is 4.86. The molecule has 0 atom stereocenters. The molecule has 0 radical (unpaired) electrons. The molecule has 0 saturated carbocycles. The van der Waals surface area contributed by atoms with E-state index < -0.39 is 23.4 Å². The first-order chi connectivity index (χ1) is 18.4. The molecular formula is C28H20F3N3O4. The van der Waals surface area contributed by atoms with Crippen molar-refractivity contribution in [3.05, 3.63) is 83.4 Å². The number of fused-ring (bicyclic) bond motifs is 2. The van der Waals surface area contributed by atoms with Gasteiger partial charge in [-0.2, -0.15) is 5.10 Å². The number of rotatable bonds is 5. The predicted molar refractivity (Wildman–Crippen MR) is 133 cm³/mol. The molecule has 0 aliphatic carbocycles. The van der Waals surface area contributed by atoms with E-state index >= 15 is 0 Å². The summed E-state index contributed by atoms with van der Waals surface area (Å²) in [5.74, 6) is -4.27. The van der Waals surface area contributed by atoms with Gasteiger partial charge in [0.15, 0.2) is 23.2 Å². The van der Waals surface area contributed by atoms with Gasteiger partial charge >= 0.3 is 5.97 Å². The Hall–Kier alpha value is -4.44. The average Bonchev–Trinajstić information content (AvgIpc) is 3.38. The standard InChI is InChI=1S/C28H20F3N3O4/c29-20-3-1-15(10-21(20)30)25-18-9-17-13-32-34-23(17)12-19(18)27(33-26(25)14-5-7-37-8-6-14)38-24-4-2-16(28(35)36)11-22(24)31/h1-4,9-14H,5-8H2,(H,32,34)(H,35,36). The molecular weight excluding hydrogens is 499 g/mol. The van der Waals surface area contributed by atoms with Gasteiger partial charge in [-0.15, -0.1) is 0 Å². The Morgan fingerprint density at radius 2 is 1.79 bits per heavy atom. The number of nitrogens with one attached hydrogen (secondary N) is 1. The molecule has 1 fully saturated rings. The minimum atomic E-state index is -1.27. The number of hydrogen-bond donors (Lipinski definition) is 2. The van der Waals surface area contributed by atoms with Crippen molar-refractivity contribution in [1.82, 2.24) is 15.2 Å². The Bertz CT molecular complexity index is 1710. The minimum absolute atomic E-state index is 0.0853. The molecule has 0 amide bonds. The number of H-pyrrole nitrogens is 1. The third-order valence-electron chi connectivity index (χ3n) is 6.76. The summed E-state index contributed by atoms with van der Waals surface area (Å²) in [5, 5.41) is 18.1. The van der Waals surface area contributed by atoms with Gasteiger partial charge in [0.1, 0.15) is 0 Å². The molecule has 3 heterocycles. The number of hydrogen-bond acceptors (Lipinski definition) is 5. The van der Waals surface area contributed by atoms with Crippen LogP contribution >= 0.6 is 0 Å². The summed E-state index contributed by atoms with van der Waals surface area (Å²) in [5.41, 5.74) is 2.09. The number of aromatic carboxylic acids is 1. The summed E-state index contributed by atoms with van der Waals surface area (Å²) < 4.78 is 54.6. The van der Waals surface area contributed by atoms with Crippen LogP contribution in [0.15, 0.2) is 54.7 Å². The van der Waals surface area contributed by atoms with Gasteiger partial charge in [0.25, 0.3) is 0 Å². The van der Waals surface area contributed by atoms with E-state index in [1.54, 1.807) is 12.3 Å². The van der Waals surface area contributed by atoms with Crippen molar-refractivity contribution in [2.45, 2.75) is 18.8 Å². The number of benzene rings is 3. The second-order valence-electron chi connectivity index (χ2n) is 9.10. The first-order valence-corrected chi connectivity index (χ1v) is 11.9. The second kappa shape index (κ2) is 9.46. The second-order valence-corrected chi connectivity index (χ2v) is 9.10. The molecule has 2 N–H and O–H groups in total. The van der Waals surface area contributed by atoms with E-state index in [9.17, 15) is 23.1 Å². The molecule has 6 rings (SSSR count). The highest BCUT2D eigenvalue weighted by molar-refractivity contribution is 6.06. The molecule has 0 unspecified atom stereocenters. The minimum Gasteiger partial charge on any atom is -0.478 e. The van der Waals surface area contributed by atoms with Gasteiger partial charge in [0.2, 0.25) is 5.88 Å². The normalized spacial score (nSPS) is 14.3. The third kappa shape index (κ3) is 4.22. The van der Waals surface area contributed by atoms with Gasteiger partial charge in [-0.1, -0.05) is 6.07 Å². The Morgan fingerprint density at radius 3 is 2.53 bits per heavy atom. The molecule has 1 aliphatic rings. The van der Waals surface area contributed by atoms with Gasteiger partial charge in [0, 0.05) is 35.5 Å². The van der Waals surface area contributed by atoms with E-state index in [-0.39, 0.29) is 23.1 Å². The summed E-state index contributed by atoms with van der Waals surface area (Å²) >= 11 is 0. The maximum atomic E-state index is 14.9. The summed E-state index contributed by atoms with van der Waals surface area (Å²) in [6, 6.07) is 10.7. The Morgan fingerprint density at radius 1 is 0.974 bits per heavy atom. The first kappa shape index (κ1) is 23.9. The van der Waals surface area contributed by atoms with E-state index in [1.165, 1.54) is 18.2 Å². The van der Waals surface area contributed by atoms with E-state index in [1.807, 2.05) is 6.07 Å². The van der Waals surface area contributed by atoms with Crippen molar-refractivity contribution in [2.75, 3.05) is 13.2 Å². The summed E-state index contributed by atoms with van der Waals surface area (Å²) in [7, 11) is 0. The van der Waals surface area contributed by atoms with Crippen LogP contribution in [0.25, 0.3) is 32.8 Å². The SMILES string of the molecule is O=C(O)c1ccc(Oc2nc(C3CCOCC3)c(-c3ccc(F)c(F)c3)c3cc4cn[nH]c4cc23)c(F)c1. The molecule has 1 aliphatic heterocycles. The first-order valence-electron chi connectivity index (χ1n) is 11.9. The van der Waals surface area contributed by atoms with Crippen molar-refractivity contribution >= 4 is 27.6 Å². The van der Waals surface area contributed by atoms with Crippen LogP contribution in [-0.4, -0.2) is 39.5 Å². The molecule has 0 bridgehead atoms. The molecule has 5 aromatic rings. The zero-order valence-corrected chi connectivity index (χ0v) is 19.8. The molecule has 10 heteroatoms. The number of aromatic amines is 1. The number of carboxylic acid groups (broad SMARTS) is 1. The molecule has 3 aromatic carbocycles. The fraction of sp³-hybridized carbons (Fsp3) is 0.179. The van der Waals surface area contributed by atoms with Crippen LogP contribution in [0, 0.1) is 17.5 Å². The number of nitrogens with zero attached hydrogens (tertiary/aromatic N) is 2.